The maximum absolute atomic E-state index is 13.0. The van der Waals surface area contributed by atoms with Crippen LogP contribution in [0.2, 0.25) is 0 Å². The average molecular weight is 408 g/mol. The van der Waals surface area contributed by atoms with Crippen molar-refractivity contribution in [1.82, 2.24) is 0 Å². The number of anilines is 2. The molecule has 1 saturated carbocycles. The molecule has 2 aromatic rings. The van der Waals surface area contributed by atoms with Gasteiger partial charge in [0, 0.05) is 28.3 Å². The van der Waals surface area contributed by atoms with Gasteiger partial charge in [-0.2, -0.15) is 0 Å². The van der Waals surface area contributed by atoms with Crippen molar-refractivity contribution in [2.45, 2.75) is 25.2 Å². The molecule has 1 aliphatic carbocycles. The van der Waals surface area contributed by atoms with Gasteiger partial charge in [-0.25, -0.2) is 0 Å². The zero-order chi connectivity index (χ0) is 16.0. The average Bonchev–Trinajstić information content (AvgIpc) is 3.35. The molecule has 2 N–H and O–H groups in total. The standard InChI is InChI=1S/C19H19BrN2O.ClH/c20-13-5-1-4-12(10-13)15-11-16(15)19(23)22-9-3-6-14-17(21)7-2-8-18(14)22;/h1-2,4-5,7-8,10,15-16H,3,6,9,11,21H2;1H. The molecule has 0 aromatic heterocycles. The van der Waals surface area contributed by atoms with Crippen molar-refractivity contribution < 1.29 is 4.79 Å². The Kier molecular flexibility index (Phi) is 4.88. The predicted octanol–water partition coefficient (Wildman–Crippen LogP) is 4.54. The minimum Gasteiger partial charge on any atom is -0.398 e. The van der Waals surface area contributed by atoms with Crippen LogP contribution in [0.25, 0.3) is 0 Å². The highest BCUT2D eigenvalue weighted by Gasteiger charge is 2.46. The highest BCUT2D eigenvalue weighted by molar-refractivity contribution is 9.10. The molecule has 2 aliphatic rings. The Hall–Kier alpha value is -1.52. The van der Waals surface area contributed by atoms with Crippen molar-refractivity contribution in [3.8, 4) is 0 Å². The number of rotatable bonds is 2. The molecule has 0 radical (unpaired) electrons. The van der Waals surface area contributed by atoms with E-state index in [1.54, 1.807) is 0 Å². The van der Waals surface area contributed by atoms with E-state index in [2.05, 4.69) is 28.1 Å². The number of carbonyl (C=O) groups is 1. The largest absolute Gasteiger partial charge is 0.398 e. The highest BCUT2D eigenvalue weighted by atomic mass is 79.9. The molecular formula is C19H20BrClN2O. The molecule has 1 fully saturated rings. The third-order valence-electron chi connectivity index (χ3n) is 4.94. The van der Waals surface area contributed by atoms with E-state index in [0.717, 1.165) is 47.2 Å². The molecule has 2 unspecified atom stereocenters. The number of carbonyl (C=O) groups excluding carboxylic acids is 1. The summed E-state index contributed by atoms with van der Waals surface area (Å²) in [5.74, 6) is 0.713. The smallest absolute Gasteiger partial charge is 0.230 e. The Morgan fingerprint density at radius 2 is 2.00 bits per heavy atom. The Balaban J connectivity index is 0.00000169. The molecule has 3 nitrogen and oxygen atoms in total. The SMILES string of the molecule is Cl.Nc1cccc2c1CCCN2C(=O)C1CC1c1cccc(Br)c1. The normalized spacial score (nSPS) is 21.6. The van der Waals surface area contributed by atoms with Gasteiger partial charge in [-0.05, 0) is 60.6 Å². The van der Waals surface area contributed by atoms with Gasteiger partial charge in [0.05, 0.1) is 0 Å². The van der Waals surface area contributed by atoms with Crippen molar-refractivity contribution in [2.75, 3.05) is 17.2 Å². The minimum atomic E-state index is 0. The van der Waals surface area contributed by atoms with E-state index in [4.69, 9.17) is 5.73 Å². The van der Waals surface area contributed by atoms with Crippen molar-refractivity contribution in [1.29, 1.82) is 0 Å². The first-order valence-corrected chi connectivity index (χ1v) is 8.88. The van der Waals surface area contributed by atoms with Crippen LogP contribution in [0.5, 0.6) is 0 Å². The van der Waals surface area contributed by atoms with E-state index >= 15 is 0 Å². The molecule has 0 spiro atoms. The molecule has 126 valence electrons. The van der Waals surface area contributed by atoms with Gasteiger partial charge in [0.1, 0.15) is 0 Å². The van der Waals surface area contributed by atoms with Crippen LogP contribution in [0.4, 0.5) is 11.4 Å². The molecular weight excluding hydrogens is 388 g/mol. The van der Waals surface area contributed by atoms with Crippen LogP contribution in [0, 0.1) is 5.92 Å². The molecule has 1 heterocycles. The summed E-state index contributed by atoms with van der Waals surface area (Å²) < 4.78 is 1.07. The third kappa shape index (κ3) is 3.05. The van der Waals surface area contributed by atoms with Crippen LogP contribution in [-0.2, 0) is 11.2 Å². The summed E-state index contributed by atoms with van der Waals surface area (Å²) in [6.45, 7) is 0.803. The number of nitrogens with zero attached hydrogens (tertiary/aromatic N) is 1. The van der Waals surface area contributed by atoms with E-state index in [1.807, 2.05) is 35.2 Å². The highest BCUT2D eigenvalue weighted by Crippen LogP contribution is 2.50. The lowest BCUT2D eigenvalue weighted by atomic mass is 9.99. The van der Waals surface area contributed by atoms with Crippen LogP contribution < -0.4 is 10.6 Å². The molecule has 2 aromatic carbocycles. The van der Waals surface area contributed by atoms with E-state index in [-0.39, 0.29) is 24.2 Å². The molecule has 1 amide bonds. The number of nitrogen functional groups attached to an aromatic ring is 1. The van der Waals surface area contributed by atoms with Gasteiger partial charge >= 0.3 is 0 Å². The minimum absolute atomic E-state index is 0. The molecule has 24 heavy (non-hydrogen) atoms. The summed E-state index contributed by atoms with van der Waals surface area (Å²) in [6.07, 6.45) is 2.90. The lowest BCUT2D eigenvalue weighted by Crippen LogP contribution is -2.37. The van der Waals surface area contributed by atoms with E-state index in [9.17, 15) is 4.79 Å². The van der Waals surface area contributed by atoms with E-state index in [0.29, 0.717) is 5.92 Å². The van der Waals surface area contributed by atoms with Gasteiger partial charge < -0.3 is 10.6 Å². The van der Waals surface area contributed by atoms with Gasteiger partial charge in [0.2, 0.25) is 5.91 Å². The van der Waals surface area contributed by atoms with Crippen molar-refractivity contribution >= 4 is 45.6 Å². The molecule has 5 heteroatoms. The summed E-state index contributed by atoms with van der Waals surface area (Å²) in [7, 11) is 0. The maximum Gasteiger partial charge on any atom is 0.230 e. The fourth-order valence-electron chi connectivity index (χ4n) is 3.65. The quantitative estimate of drug-likeness (QED) is 0.743. The first-order chi connectivity index (χ1) is 11.1. The summed E-state index contributed by atoms with van der Waals surface area (Å²) in [5, 5.41) is 0. The summed E-state index contributed by atoms with van der Waals surface area (Å²) in [6, 6.07) is 14.2. The number of amides is 1. The topological polar surface area (TPSA) is 46.3 Å². The number of halogens is 2. The zero-order valence-corrected chi connectivity index (χ0v) is 15.6. The van der Waals surface area contributed by atoms with E-state index < -0.39 is 0 Å². The van der Waals surface area contributed by atoms with Crippen molar-refractivity contribution in [3.63, 3.8) is 0 Å². The lowest BCUT2D eigenvalue weighted by molar-refractivity contribution is -0.120. The zero-order valence-electron chi connectivity index (χ0n) is 13.2. The third-order valence-corrected chi connectivity index (χ3v) is 5.43. The maximum atomic E-state index is 13.0. The molecule has 0 saturated heterocycles. The van der Waals surface area contributed by atoms with Gasteiger partial charge in [0.25, 0.3) is 0 Å². The Morgan fingerprint density at radius 1 is 1.21 bits per heavy atom. The monoisotopic (exact) mass is 406 g/mol. The second kappa shape index (κ2) is 6.77. The fourth-order valence-corrected chi connectivity index (χ4v) is 4.07. The van der Waals surface area contributed by atoms with Crippen LogP contribution in [0.1, 0.15) is 29.9 Å². The van der Waals surface area contributed by atoms with Gasteiger partial charge in [-0.3, -0.25) is 4.79 Å². The first kappa shape index (κ1) is 17.3. The molecule has 1 aliphatic heterocycles. The molecule has 0 bridgehead atoms. The Bertz CT molecular complexity index is 780. The van der Waals surface area contributed by atoms with Crippen molar-refractivity contribution in [2.24, 2.45) is 5.92 Å². The Morgan fingerprint density at radius 3 is 2.79 bits per heavy atom. The summed E-state index contributed by atoms with van der Waals surface area (Å²) >= 11 is 3.51. The van der Waals surface area contributed by atoms with Crippen molar-refractivity contribution in [3.05, 3.63) is 58.1 Å². The molecule has 2 atom stereocenters. The van der Waals surface area contributed by atoms with E-state index in [1.165, 1.54) is 5.56 Å². The van der Waals surface area contributed by atoms with Crippen LogP contribution >= 0.6 is 28.3 Å². The van der Waals surface area contributed by atoms with Gasteiger partial charge in [0.15, 0.2) is 0 Å². The van der Waals surface area contributed by atoms with Gasteiger partial charge in [-0.1, -0.05) is 34.1 Å². The number of fused-ring (bicyclic) bond motifs is 1. The molecule has 4 rings (SSSR count). The second-order valence-corrected chi connectivity index (χ2v) is 7.36. The summed E-state index contributed by atoms with van der Waals surface area (Å²) in [5.41, 5.74) is 10.3. The van der Waals surface area contributed by atoms with Gasteiger partial charge in [-0.15, -0.1) is 12.4 Å². The summed E-state index contributed by atoms with van der Waals surface area (Å²) in [4.78, 5) is 14.9. The number of hydrogen-bond acceptors (Lipinski definition) is 2. The number of nitrogens with two attached hydrogens (primary N) is 1. The first-order valence-electron chi connectivity index (χ1n) is 8.09. The lowest BCUT2D eigenvalue weighted by Gasteiger charge is -2.30. The fraction of sp³-hybridized carbons (Fsp3) is 0.316. The predicted molar refractivity (Wildman–Crippen MR) is 104 cm³/mol. The Labute approximate surface area is 156 Å². The van der Waals surface area contributed by atoms with Crippen LogP contribution in [0.15, 0.2) is 46.9 Å². The number of benzene rings is 2. The van der Waals surface area contributed by atoms with Crippen LogP contribution in [0.3, 0.4) is 0 Å². The second-order valence-electron chi connectivity index (χ2n) is 6.44. The van der Waals surface area contributed by atoms with Crippen LogP contribution in [-0.4, -0.2) is 12.5 Å². The number of hydrogen-bond donors (Lipinski definition) is 1.